The van der Waals surface area contributed by atoms with Crippen molar-refractivity contribution in [3.05, 3.63) is 40.9 Å². The van der Waals surface area contributed by atoms with Crippen LogP contribution >= 0.6 is 15.9 Å². The van der Waals surface area contributed by atoms with Crippen LogP contribution in [0.3, 0.4) is 0 Å². The van der Waals surface area contributed by atoms with Gasteiger partial charge >= 0.3 is 0 Å². The predicted octanol–water partition coefficient (Wildman–Crippen LogP) is 1.04. The third kappa shape index (κ3) is 5.10. The van der Waals surface area contributed by atoms with Crippen LogP contribution in [-0.2, 0) is 27.8 Å². The molecule has 0 saturated heterocycles. The summed E-state index contributed by atoms with van der Waals surface area (Å²) in [6, 6.07) is 6.27. The zero-order valence-electron chi connectivity index (χ0n) is 14.0. The molecule has 0 aliphatic rings. The molecule has 0 bridgehead atoms. The van der Waals surface area contributed by atoms with Crippen LogP contribution in [0.1, 0.15) is 12.7 Å². The van der Waals surface area contributed by atoms with Crippen molar-refractivity contribution in [2.75, 3.05) is 20.1 Å². The third-order valence-electron chi connectivity index (χ3n) is 3.60. The van der Waals surface area contributed by atoms with Gasteiger partial charge < -0.3 is 9.88 Å². The van der Waals surface area contributed by atoms with Crippen molar-refractivity contribution in [2.24, 2.45) is 0 Å². The van der Waals surface area contributed by atoms with Gasteiger partial charge in [0.1, 0.15) is 12.2 Å². The number of nitrogens with zero attached hydrogens (tertiary/aromatic N) is 4. The minimum atomic E-state index is -3.70. The van der Waals surface area contributed by atoms with E-state index in [0.29, 0.717) is 13.0 Å². The first-order chi connectivity index (χ1) is 11.8. The zero-order valence-corrected chi connectivity index (χ0v) is 16.4. The molecule has 0 fully saturated rings. The van der Waals surface area contributed by atoms with Crippen LogP contribution in [0.15, 0.2) is 40.0 Å². The van der Waals surface area contributed by atoms with Crippen molar-refractivity contribution < 1.29 is 13.2 Å². The van der Waals surface area contributed by atoms with E-state index in [0.717, 1.165) is 21.1 Å². The number of carbonyl (C=O) groups is 1. The summed E-state index contributed by atoms with van der Waals surface area (Å²) in [5, 5.41) is 10.5. The summed E-state index contributed by atoms with van der Waals surface area (Å²) >= 11 is 3.26. The Labute approximate surface area is 155 Å². The number of aryl methyl sites for hydroxylation is 1. The molecule has 1 aromatic carbocycles. The van der Waals surface area contributed by atoms with E-state index in [1.54, 1.807) is 18.5 Å². The van der Waals surface area contributed by atoms with Gasteiger partial charge in [0.05, 0.1) is 11.4 Å². The molecule has 2 rings (SSSR count). The van der Waals surface area contributed by atoms with Crippen LogP contribution in [0.4, 0.5) is 0 Å². The molecule has 0 spiro atoms. The van der Waals surface area contributed by atoms with E-state index in [1.165, 1.54) is 19.2 Å². The molecule has 8 nitrogen and oxygen atoms in total. The van der Waals surface area contributed by atoms with E-state index in [-0.39, 0.29) is 17.3 Å². The Morgan fingerprint density at radius 1 is 1.32 bits per heavy atom. The van der Waals surface area contributed by atoms with Gasteiger partial charge in [0, 0.05) is 31.0 Å². The highest BCUT2D eigenvalue weighted by Crippen LogP contribution is 2.17. The summed E-state index contributed by atoms with van der Waals surface area (Å²) < 4.78 is 28.6. The monoisotopic (exact) mass is 429 g/mol. The number of halogens is 1. The van der Waals surface area contributed by atoms with E-state index in [1.807, 2.05) is 11.5 Å². The molecule has 1 heterocycles. The summed E-state index contributed by atoms with van der Waals surface area (Å²) in [5.74, 6) is 0.407. The molecule has 1 N–H and O–H groups in total. The molecule has 0 radical (unpaired) electrons. The van der Waals surface area contributed by atoms with Crippen LogP contribution in [0, 0.1) is 0 Å². The molecule has 25 heavy (non-hydrogen) atoms. The number of hydrogen-bond acceptors (Lipinski definition) is 5. The second-order valence-corrected chi connectivity index (χ2v) is 8.31. The Morgan fingerprint density at radius 2 is 2.00 bits per heavy atom. The van der Waals surface area contributed by atoms with Crippen LogP contribution in [0.25, 0.3) is 0 Å². The average Bonchev–Trinajstić information content (AvgIpc) is 3.02. The molecule has 1 amide bonds. The standard InChI is InChI=1S/C15H20BrN5O3S/c1-3-21-11-18-19-14(21)8-9-17-15(22)10-20(2)25(23,24)13-6-4-12(16)5-7-13/h4-7,11H,3,8-10H2,1-2H3,(H,17,22). The fourth-order valence-electron chi connectivity index (χ4n) is 2.18. The Bertz CT molecular complexity index is 820. The number of benzene rings is 1. The number of aromatic nitrogens is 3. The first-order valence-corrected chi connectivity index (χ1v) is 9.93. The second-order valence-electron chi connectivity index (χ2n) is 5.35. The first kappa shape index (κ1) is 19.5. The highest BCUT2D eigenvalue weighted by atomic mass is 79.9. The second kappa shape index (κ2) is 8.54. The van der Waals surface area contributed by atoms with Gasteiger partial charge in [-0.15, -0.1) is 10.2 Å². The van der Waals surface area contributed by atoms with Crippen LogP contribution in [-0.4, -0.2) is 53.5 Å². The number of sulfonamides is 1. The van der Waals surface area contributed by atoms with Crippen molar-refractivity contribution in [1.82, 2.24) is 24.4 Å². The SMILES string of the molecule is CCn1cnnc1CCNC(=O)CN(C)S(=O)(=O)c1ccc(Br)cc1. The number of carbonyl (C=O) groups excluding carboxylic acids is 1. The maximum atomic E-state index is 12.4. The molecule has 136 valence electrons. The Morgan fingerprint density at radius 3 is 2.64 bits per heavy atom. The smallest absolute Gasteiger partial charge is 0.243 e. The largest absolute Gasteiger partial charge is 0.355 e. The Balaban J connectivity index is 1.88. The fourth-order valence-corrected chi connectivity index (χ4v) is 3.57. The number of rotatable bonds is 8. The highest BCUT2D eigenvalue weighted by Gasteiger charge is 2.22. The lowest BCUT2D eigenvalue weighted by Gasteiger charge is -2.17. The van der Waals surface area contributed by atoms with Gasteiger partial charge in [-0.05, 0) is 31.2 Å². The van der Waals surface area contributed by atoms with Crippen molar-refractivity contribution in [3.63, 3.8) is 0 Å². The van der Waals surface area contributed by atoms with Crippen LogP contribution < -0.4 is 5.32 Å². The zero-order chi connectivity index (χ0) is 18.4. The number of nitrogens with one attached hydrogen (secondary N) is 1. The van der Waals surface area contributed by atoms with Gasteiger partial charge in [-0.3, -0.25) is 4.79 Å². The van der Waals surface area contributed by atoms with E-state index in [2.05, 4.69) is 31.4 Å². The number of likely N-dealkylation sites (N-methyl/N-ethyl adjacent to an activating group) is 1. The number of hydrogen-bond donors (Lipinski definition) is 1. The maximum absolute atomic E-state index is 12.4. The quantitative estimate of drug-likeness (QED) is 0.675. The third-order valence-corrected chi connectivity index (χ3v) is 5.94. The first-order valence-electron chi connectivity index (χ1n) is 7.70. The average molecular weight is 430 g/mol. The van der Waals surface area contributed by atoms with E-state index >= 15 is 0 Å². The van der Waals surface area contributed by atoms with Crippen molar-refractivity contribution in [3.8, 4) is 0 Å². The normalized spacial score (nSPS) is 11.7. The summed E-state index contributed by atoms with van der Waals surface area (Å²) in [7, 11) is -2.32. The van der Waals surface area contributed by atoms with Gasteiger partial charge in [-0.2, -0.15) is 4.31 Å². The van der Waals surface area contributed by atoms with Crippen molar-refractivity contribution in [1.29, 1.82) is 0 Å². The summed E-state index contributed by atoms with van der Waals surface area (Å²) in [4.78, 5) is 12.1. The van der Waals surface area contributed by atoms with Gasteiger partial charge in [0.25, 0.3) is 0 Å². The summed E-state index contributed by atoms with van der Waals surface area (Å²) in [6.07, 6.45) is 2.17. The minimum Gasteiger partial charge on any atom is -0.355 e. The van der Waals surface area contributed by atoms with Gasteiger partial charge in [0.15, 0.2) is 0 Å². The molecule has 2 aromatic rings. The van der Waals surface area contributed by atoms with Gasteiger partial charge in [0.2, 0.25) is 15.9 Å². The fraction of sp³-hybridized carbons (Fsp3) is 0.400. The molecule has 0 saturated carbocycles. The Kier molecular flexibility index (Phi) is 6.68. The molecule has 10 heteroatoms. The lowest BCUT2D eigenvalue weighted by molar-refractivity contribution is -0.121. The molecule has 0 unspecified atom stereocenters. The van der Waals surface area contributed by atoms with Gasteiger partial charge in [-0.1, -0.05) is 15.9 Å². The topological polar surface area (TPSA) is 97.2 Å². The number of amides is 1. The maximum Gasteiger partial charge on any atom is 0.243 e. The molecular weight excluding hydrogens is 410 g/mol. The lowest BCUT2D eigenvalue weighted by Crippen LogP contribution is -2.39. The van der Waals surface area contributed by atoms with Gasteiger partial charge in [-0.25, -0.2) is 8.42 Å². The molecule has 0 aliphatic heterocycles. The minimum absolute atomic E-state index is 0.141. The highest BCUT2D eigenvalue weighted by molar-refractivity contribution is 9.10. The predicted molar refractivity (Wildman–Crippen MR) is 96.4 cm³/mol. The Hall–Kier alpha value is -1.78. The van der Waals surface area contributed by atoms with Crippen molar-refractivity contribution >= 4 is 31.9 Å². The van der Waals surface area contributed by atoms with E-state index in [4.69, 9.17) is 0 Å². The lowest BCUT2D eigenvalue weighted by atomic mass is 10.4. The summed E-state index contributed by atoms with van der Waals surface area (Å²) in [6.45, 7) is 2.85. The van der Waals surface area contributed by atoms with Crippen molar-refractivity contribution in [2.45, 2.75) is 24.8 Å². The van der Waals surface area contributed by atoms with E-state index < -0.39 is 10.0 Å². The molecule has 0 atom stereocenters. The molecule has 0 aliphatic carbocycles. The van der Waals surface area contributed by atoms with Crippen LogP contribution in [0.5, 0.6) is 0 Å². The molecular formula is C15H20BrN5O3S. The summed E-state index contributed by atoms with van der Waals surface area (Å²) in [5.41, 5.74) is 0. The molecule has 1 aromatic heterocycles. The van der Waals surface area contributed by atoms with Crippen LogP contribution in [0.2, 0.25) is 0 Å². The van der Waals surface area contributed by atoms with E-state index in [9.17, 15) is 13.2 Å².